The van der Waals surface area contributed by atoms with Crippen LogP contribution >= 0.6 is 0 Å². The van der Waals surface area contributed by atoms with Crippen molar-refractivity contribution < 1.29 is 9.59 Å². The van der Waals surface area contributed by atoms with Crippen molar-refractivity contribution in [3.8, 4) is 0 Å². The molecule has 0 atom stereocenters. The number of rotatable bonds is 6. The molecule has 0 aromatic carbocycles. The molecule has 0 aromatic rings. The van der Waals surface area contributed by atoms with Crippen molar-refractivity contribution in [1.29, 1.82) is 0 Å². The van der Waals surface area contributed by atoms with Crippen LogP contribution in [0.5, 0.6) is 0 Å². The smallest absolute Gasteiger partial charge is 0.309 e. The number of carbonyl (C=O) groups excluding carboxylic acids is 2. The molecule has 1 saturated carbocycles. The Labute approximate surface area is 116 Å². The van der Waals surface area contributed by atoms with Crippen LogP contribution in [0.1, 0.15) is 46.0 Å². The van der Waals surface area contributed by atoms with Gasteiger partial charge >= 0.3 is 11.8 Å². The first kappa shape index (κ1) is 16.0. The summed E-state index contributed by atoms with van der Waals surface area (Å²) in [5.41, 5.74) is 0. The highest BCUT2D eigenvalue weighted by Gasteiger charge is 2.19. The summed E-state index contributed by atoms with van der Waals surface area (Å²) in [7, 11) is 0. The number of likely N-dealkylation sites (N-methyl/N-ethyl adjacent to an activating group) is 1. The van der Waals surface area contributed by atoms with E-state index < -0.39 is 11.8 Å². The van der Waals surface area contributed by atoms with Gasteiger partial charge in [0.2, 0.25) is 0 Å². The molecule has 2 N–H and O–H groups in total. The Hall–Kier alpha value is -1.10. The van der Waals surface area contributed by atoms with Gasteiger partial charge in [-0.25, -0.2) is 0 Å². The van der Waals surface area contributed by atoms with Gasteiger partial charge in [0, 0.05) is 19.1 Å². The Balaban J connectivity index is 2.19. The molecule has 0 bridgehead atoms. The van der Waals surface area contributed by atoms with Gasteiger partial charge < -0.3 is 15.5 Å². The van der Waals surface area contributed by atoms with Crippen LogP contribution in [0, 0.1) is 0 Å². The predicted molar refractivity (Wildman–Crippen MR) is 75.8 cm³/mol. The summed E-state index contributed by atoms with van der Waals surface area (Å²) in [4.78, 5) is 25.5. The molecule has 19 heavy (non-hydrogen) atoms. The highest BCUT2D eigenvalue weighted by atomic mass is 16.2. The summed E-state index contributed by atoms with van der Waals surface area (Å²) < 4.78 is 0. The monoisotopic (exact) mass is 269 g/mol. The second-order valence-electron chi connectivity index (χ2n) is 5.09. The van der Waals surface area contributed by atoms with Crippen molar-refractivity contribution in [2.75, 3.05) is 26.2 Å². The number of hydrogen-bond donors (Lipinski definition) is 2. The summed E-state index contributed by atoms with van der Waals surface area (Å²) in [5, 5.41) is 5.50. The molecule has 0 spiro atoms. The molecular weight excluding hydrogens is 242 g/mol. The predicted octanol–water partition coefficient (Wildman–Crippen LogP) is 0.893. The molecule has 110 valence electrons. The second-order valence-corrected chi connectivity index (χ2v) is 5.09. The summed E-state index contributed by atoms with van der Waals surface area (Å²) >= 11 is 0. The minimum atomic E-state index is -0.502. The Kier molecular flexibility index (Phi) is 7.48. The third kappa shape index (κ3) is 6.05. The van der Waals surface area contributed by atoms with Crippen molar-refractivity contribution in [3.63, 3.8) is 0 Å². The van der Waals surface area contributed by atoms with Crippen molar-refractivity contribution in [2.24, 2.45) is 0 Å². The summed E-state index contributed by atoms with van der Waals surface area (Å²) in [6.07, 6.45) is 5.53. The zero-order chi connectivity index (χ0) is 14.1. The van der Waals surface area contributed by atoms with E-state index in [-0.39, 0.29) is 6.04 Å². The van der Waals surface area contributed by atoms with E-state index in [2.05, 4.69) is 29.4 Å². The quantitative estimate of drug-likeness (QED) is 0.704. The Bertz CT molecular complexity index is 284. The van der Waals surface area contributed by atoms with Crippen molar-refractivity contribution in [3.05, 3.63) is 0 Å². The van der Waals surface area contributed by atoms with E-state index in [4.69, 9.17) is 0 Å². The van der Waals surface area contributed by atoms with Crippen LogP contribution in [-0.2, 0) is 9.59 Å². The van der Waals surface area contributed by atoms with Crippen LogP contribution in [0.3, 0.4) is 0 Å². The van der Waals surface area contributed by atoms with Gasteiger partial charge in [0.15, 0.2) is 0 Å². The molecule has 0 aromatic heterocycles. The minimum absolute atomic E-state index is 0.190. The fourth-order valence-electron chi connectivity index (χ4n) is 2.45. The number of hydrogen-bond acceptors (Lipinski definition) is 3. The zero-order valence-corrected chi connectivity index (χ0v) is 12.2. The Morgan fingerprint density at radius 2 is 1.68 bits per heavy atom. The highest BCUT2D eigenvalue weighted by molar-refractivity contribution is 6.35. The lowest BCUT2D eigenvalue weighted by atomic mass is 9.95. The van der Waals surface area contributed by atoms with Crippen molar-refractivity contribution >= 4 is 11.8 Å². The van der Waals surface area contributed by atoms with Gasteiger partial charge in [-0.3, -0.25) is 9.59 Å². The van der Waals surface area contributed by atoms with E-state index in [1.807, 2.05) is 0 Å². The molecule has 0 saturated heterocycles. The molecule has 5 nitrogen and oxygen atoms in total. The van der Waals surface area contributed by atoms with Gasteiger partial charge in [0.05, 0.1) is 0 Å². The first-order valence-electron chi connectivity index (χ1n) is 7.48. The maximum Gasteiger partial charge on any atom is 0.309 e. The summed E-state index contributed by atoms with van der Waals surface area (Å²) in [5.74, 6) is -0.982. The molecule has 1 aliphatic carbocycles. The van der Waals surface area contributed by atoms with Gasteiger partial charge in [-0.1, -0.05) is 33.1 Å². The van der Waals surface area contributed by atoms with Crippen LogP contribution in [0.2, 0.25) is 0 Å². The van der Waals surface area contributed by atoms with E-state index in [1.54, 1.807) is 0 Å². The summed E-state index contributed by atoms with van der Waals surface area (Å²) in [6, 6.07) is 0.190. The number of carbonyl (C=O) groups is 2. The van der Waals surface area contributed by atoms with Gasteiger partial charge in [0.25, 0.3) is 0 Å². The molecular formula is C14H27N3O2. The van der Waals surface area contributed by atoms with Crippen molar-refractivity contribution in [1.82, 2.24) is 15.5 Å². The van der Waals surface area contributed by atoms with Crippen LogP contribution in [0.4, 0.5) is 0 Å². The first-order valence-corrected chi connectivity index (χ1v) is 7.48. The number of nitrogens with one attached hydrogen (secondary N) is 2. The molecule has 1 aliphatic rings. The Morgan fingerprint density at radius 3 is 2.26 bits per heavy atom. The largest absolute Gasteiger partial charge is 0.347 e. The van der Waals surface area contributed by atoms with Gasteiger partial charge in [0.1, 0.15) is 0 Å². The molecule has 0 aliphatic heterocycles. The van der Waals surface area contributed by atoms with Crippen LogP contribution < -0.4 is 10.6 Å². The SMILES string of the molecule is CCN(CC)CCNC(=O)C(=O)NC1CCCCC1. The van der Waals surface area contributed by atoms with E-state index in [9.17, 15) is 9.59 Å². The topological polar surface area (TPSA) is 61.4 Å². The molecule has 0 heterocycles. The van der Waals surface area contributed by atoms with E-state index in [0.29, 0.717) is 6.54 Å². The average Bonchev–Trinajstić information content (AvgIpc) is 2.44. The van der Waals surface area contributed by atoms with E-state index in [1.165, 1.54) is 6.42 Å². The van der Waals surface area contributed by atoms with Gasteiger partial charge in [-0.2, -0.15) is 0 Å². The van der Waals surface area contributed by atoms with Gasteiger partial charge in [-0.05, 0) is 25.9 Å². The highest BCUT2D eigenvalue weighted by Crippen LogP contribution is 2.17. The Morgan fingerprint density at radius 1 is 1.05 bits per heavy atom. The van der Waals surface area contributed by atoms with Crippen LogP contribution in [0.25, 0.3) is 0 Å². The lowest BCUT2D eigenvalue weighted by Gasteiger charge is -2.22. The first-order chi connectivity index (χ1) is 9.17. The average molecular weight is 269 g/mol. The lowest BCUT2D eigenvalue weighted by Crippen LogP contribution is -2.46. The molecule has 2 amide bonds. The molecule has 0 unspecified atom stereocenters. The minimum Gasteiger partial charge on any atom is -0.347 e. The fraction of sp³-hybridized carbons (Fsp3) is 0.857. The third-order valence-corrected chi connectivity index (χ3v) is 3.75. The second kappa shape index (κ2) is 8.91. The fourth-order valence-corrected chi connectivity index (χ4v) is 2.45. The van der Waals surface area contributed by atoms with Crippen LogP contribution in [0.15, 0.2) is 0 Å². The maximum absolute atomic E-state index is 11.7. The lowest BCUT2D eigenvalue weighted by molar-refractivity contribution is -0.139. The molecule has 0 radical (unpaired) electrons. The van der Waals surface area contributed by atoms with Crippen molar-refractivity contribution in [2.45, 2.75) is 52.0 Å². The molecule has 5 heteroatoms. The number of amides is 2. The third-order valence-electron chi connectivity index (χ3n) is 3.75. The summed E-state index contributed by atoms with van der Waals surface area (Å²) in [6.45, 7) is 7.40. The molecule has 1 fully saturated rings. The van der Waals surface area contributed by atoms with Crippen LogP contribution in [-0.4, -0.2) is 48.9 Å². The van der Waals surface area contributed by atoms with Gasteiger partial charge in [-0.15, -0.1) is 0 Å². The zero-order valence-electron chi connectivity index (χ0n) is 12.2. The number of nitrogens with zero attached hydrogens (tertiary/aromatic N) is 1. The maximum atomic E-state index is 11.7. The van der Waals surface area contributed by atoms with E-state index in [0.717, 1.165) is 45.3 Å². The molecule has 1 rings (SSSR count). The normalized spacial score (nSPS) is 16.4. The van der Waals surface area contributed by atoms with E-state index >= 15 is 0 Å². The standard InChI is InChI=1S/C14H27N3O2/c1-3-17(4-2)11-10-15-13(18)14(19)16-12-8-6-5-7-9-12/h12H,3-11H2,1-2H3,(H,15,18)(H,16,19).